The molecule has 0 unspecified atom stereocenters. The summed E-state index contributed by atoms with van der Waals surface area (Å²) in [6.07, 6.45) is 1.90. The van der Waals surface area contributed by atoms with Crippen LogP contribution in [0.3, 0.4) is 0 Å². The zero-order valence-electron chi connectivity index (χ0n) is 17.1. The first-order chi connectivity index (χ1) is 14.9. The summed E-state index contributed by atoms with van der Waals surface area (Å²) in [7, 11) is 1.94. The minimum atomic E-state index is -0.110. The van der Waals surface area contributed by atoms with E-state index < -0.39 is 0 Å². The fourth-order valence-electron chi connectivity index (χ4n) is 4.37. The lowest BCUT2D eigenvalue weighted by atomic mass is 9.92. The van der Waals surface area contributed by atoms with Crippen molar-refractivity contribution in [2.75, 3.05) is 12.3 Å². The van der Waals surface area contributed by atoms with Crippen molar-refractivity contribution in [3.63, 3.8) is 0 Å². The van der Waals surface area contributed by atoms with Gasteiger partial charge in [-0.05, 0) is 46.0 Å². The lowest BCUT2D eigenvalue weighted by Crippen LogP contribution is -2.25. The second-order valence-corrected chi connectivity index (χ2v) is 8.36. The molecule has 6 heteroatoms. The van der Waals surface area contributed by atoms with Crippen LogP contribution in [0.15, 0.2) is 72.4 Å². The number of rotatable bonds is 4. The zero-order valence-corrected chi connectivity index (χ0v) is 17.9. The molecule has 0 saturated carbocycles. The highest BCUT2D eigenvalue weighted by atomic mass is 35.5. The summed E-state index contributed by atoms with van der Waals surface area (Å²) in [4.78, 5) is 14.7. The number of nitrogens with two attached hydrogens (primary N) is 1. The summed E-state index contributed by atoms with van der Waals surface area (Å²) >= 11 is 5.99. The molecule has 0 saturated heterocycles. The van der Waals surface area contributed by atoms with Gasteiger partial charge in [0, 0.05) is 29.7 Å². The van der Waals surface area contributed by atoms with Crippen LogP contribution in [0, 0.1) is 0 Å². The number of carbonyl (C=O) groups excluding carboxylic acids is 1. The number of carbonyl (C=O) groups is 1. The standard InChI is InChI=1S/C25H21ClN4O/c1-15(26)13-30-14-21-18(8-9-22(27)24(21)25(30)31)17-10-19(16-6-4-3-5-7-16)20-12-28-29(2)23(20)11-17/h3-12H,1,13-14,27H2,2H3. The average Bonchev–Trinajstić information content (AvgIpc) is 3.29. The second-order valence-electron chi connectivity index (χ2n) is 7.83. The lowest BCUT2D eigenvalue weighted by Gasteiger charge is -2.15. The van der Waals surface area contributed by atoms with E-state index >= 15 is 0 Å². The van der Waals surface area contributed by atoms with Crippen molar-refractivity contribution in [1.29, 1.82) is 0 Å². The Morgan fingerprint density at radius 2 is 1.90 bits per heavy atom. The third-order valence-electron chi connectivity index (χ3n) is 5.82. The summed E-state index contributed by atoms with van der Waals surface area (Å²) in [6, 6.07) is 18.3. The Hall–Kier alpha value is -3.57. The van der Waals surface area contributed by atoms with Crippen LogP contribution >= 0.6 is 11.6 Å². The number of hydrogen-bond acceptors (Lipinski definition) is 3. The van der Waals surface area contributed by atoms with Crippen molar-refractivity contribution in [3.05, 3.63) is 83.5 Å². The Morgan fingerprint density at radius 1 is 1.13 bits per heavy atom. The molecule has 31 heavy (non-hydrogen) atoms. The van der Waals surface area contributed by atoms with Gasteiger partial charge in [0.15, 0.2) is 0 Å². The molecule has 2 N–H and O–H groups in total. The van der Waals surface area contributed by atoms with E-state index in [-0.39, 0.29) is 5.91 Å². The molecule has 0 spiro atoms. The first-order valence-corrected chi connectivity index (χ1v) is 10.4. The molecule has 0 atom stereocenters. The van der Waals surface area contributed by atoms with E-state index in [1.807, 2.05) is 42.2 Å². The first kappa shape index (κ1) is 19.4. The third-order valence-corrected chi connectivity index (χ3v) is 5.94. The van der Waals surface area contributed by atoms with E-state index in [9.17, 15) is 4.79 Å². The smallest absolute Gasteiger partial charge is 0.256 e. The molecule has 5 nitrogen and oxygen atoms in total. The number of aryl methyl sites for hydroxylation is 1. The van der Waals surface area contributed by atoms with Gasteiger partial charge >= 0.3 is 0 Å². The van der Waals surface area contributed by atoms with Crippen LogP contribution in [0.25, 0.3) is 33.2 Å². The van der Waals surface area contributed by atoms with Crippen molar-refractivity contribution in [3.8, 4) is 22.3 Å². The highest BCUT2D eigenvalue weighted by Crippen LogP contribution is 2.40. The number of halogens is 1. The zero-order chi connectivity index (χ0) is 21.7. The molecule has 1 amide bonds. The van der Waals surface area contributed by atoms with Gasteiger partial charge in [0.05, 0.1) is 23.8 Å². The molecule has 0 bridgehead atoms. The van der Waals surface area contributed by atoms with E-state index in [1.54, 1.807) is 11.0 Å². The maximum absolute atomic E-state index is 13.0. The van der Waals surface area contributed by atoms with Crippen LogP contribution in [0.5, 0.6) is 0 Å². The molecule has 1 aliphatic heterocycles. The maximum atomic E-state index is 13.0. The molecular weight excluding hydrogens is 408 g/mol. The van der Waals surface area contributed by atoms with E-state index in [0.29, 0.717) is 29.4 Å². The van der Waals surface area contributed by atoms with Crippen molar-refractivity contribution in [1.82, 2.24) is 14.7 Å². The summed E-state index contributed by atoms with van der Waals surface area (Å²) in [5.74, 6) is -0.110. The fraction of sp³-hybridized carbons (Fsp3) is 0.120. The molecule has 0 fully saturated rings. The van der Waals surface area contributed by atoms with Gasteiger partial charge in [-0.1, -0.05) is 54.6 Å². The van der Waals surface area contributed by atoms with Crippen molar-refractivity contribution < 1.29 is 4.79 Å². The Bertz CT molecular complexity index is 1360. The molecular formula is C25H21ClN4O. The molecule has 154 valence electrons. The van der Waals surface area contributed by atoms with Gasteiger partial charge < -0.3 is 10.6 Å². The van der Waals surface area contributed by atoms with Gasteiger partial charge in [-0.3, -0.25) is 9.48 Å². The van der Waals surface area contributed by atoms with E-state index in [2.05, 4.69) is 35.9 Å². The van der Waals surface area contributed by atoms with Gasteiger partial charge in [-0.2, -0.15) is 5.10 Å². The molecule has 1 aromatic heterocycles. The summed E-state index contributed by atoms with van der Waals surface area (Å²) in [6.45, 7) is 4.48. The van der Waals surface area contributed by atoms with E-state index in [0.717, 1.165) is 38.7 Å². The predicted molar refractivity (Wildman–Crippen MR) is 126 cm³/mol. The number of amides is 1. The van der Waals surface area contributed by atoms with Crippen LogP contribution in [0.1, 0.15) is 15.9 Å². The van der Waals surface area contributed by atoms with Crippen molar-refractivity contribution in [2.24, 2.45) is 7.05 Å². The van der Waals surface area contributed by atoms with Crippen LogP contribution in [-0.4, -0.2) is 27.1 Å². The van der Waals surface area contributed by atoms with Gasteiger partial charge in [-0.25, -0.2) is 0 Å². The number of aromatic nitrogens is 2. The third kappa shape index (κ3) is 3.18. The van der Waals surface area contributed by atoms with Crippen LogP contribution < -0.4 is 5.73 Å². The number of nitrogen functional groups attached to an aromatic ring is 1. The van der Waals surface area contributed by atoms with Crippen LogP contribution in [0.4, 0.5) is 5.69 Å². The van der Waals surface area contributed by atoms with Crippen molar-refractivity contribution >= 4 is 34.1 Å². The Kier molecular flexibility index (Phi) is 4.56. The van der Waals surface area contributed by atoms with E-state index in [1.165, 1.54) is 0 Å². The minimum absolute atomic E-state index is 0.110. The lowest BCUT2D eigenvalue weighted by molar-refractivity contribution is 0.0795. The highest BCUT2D eigenvalue weighted by molar-refractivity contribution is 6.29. The van der Waals surface area contributed by atoms with Gasteiger partial charge in [0.25, 0.3) is 5.91 Å². The largest absolute Gasteiger partial charge is 0.398 e. The fourth-order valence-corrected chi connectivity index (χ4v) is 4.51. The van der Waals surface area contributed by atoms with Gasteiger partial charge in [0.2, 0.25) is 0 Å². The number of nitrogens with zero attached hydrogens (tertiary/aromatic N) is 3. The summed E-state index contributed by atoms with van der Waals surface area (Å²) in [5, 5.41) is 5.97. The van der Waals surface area contributed by atoms with Gasteiger partial charge in [0.1, 0.15) is 0 Å². The molecule has 0 aliphatic carbocycles. The molecule has 0 radical (unpaired) electrons. The molecule has 5 rings (SSSR count). The van der Waals surface area contributed by atoms with E-state index in [4.69, 9.17) is 17.3 Å². The molecule has 4 aromatic rings. The number of fused-ring (bicyclic) bond motifs is 2. The average molecular weight is 429 g/mol. The Labute approximate surface area is 185 Å². The first-order valence-electron chi connectivity index (χ1n) is 9.99. The Balaban J connectivity index is 1.73. The summed E-state index contributed by atoms with van der Waals surface area (Å²) in [5.41, 5.74) is 13.4. The SMILES string of the molecule is C=C(Cl)CN1Cc2c(-c3cc(-c4ccccc4)c4cnn(C)c4c3)ccc(N)c2C1=O. The van der Waals surface area contributed by atoms with Crippen LogP contribution in [0.2, 0.25) is 0 Å². The molecule has 3 aromatic carbocycles. The van der Waals surface area contributed by atoms with Gasteiger partial charge in [-0.15, -0.1) is 0 Å². The predicted octanol–water partition coefficient (Wildman–Crippen LogP) is 5.20. The number of benzene rings is 3. The monoisotopic (exact) mass is 428 g/mol. The Morgan fingerprint density at radius 3 is 2.65 bits per heavy atom. The topological polar surface area (TPSA) is 64.2 Å². The van der Waals surface area contributed by atoms with Crippen LogP contribution in [-0.2, 0) is 13.6 Å². The molecule has 1 aliphatic rings. The maximum Gasteiger partial charge on any atom is 0.256 e. The quantitative estimate of drug-likeness (QED) is 0.454. The number of anilines is 1. The summed E-state index contributed by atoms with van der Waals surface area (Å²) < 4.78 is 1.87. The molecule has 2 heterocycles. The van der Waals surface area contributed by atoms with Crippen molar-refractivity contribution in [2.45, 2.75) is 6.54 Å². The minimum Gasteiger partial charge on any atom is -0.398 e. The normalized spacial score (nSPS) is 13.1. The number of hydrogen-bond donors (Lipinski definition) is 1. The highest BCUT2D eigenvalue weighted by Gasteiger charge is 2.32. The second kappa shape index (κ2) is 7.29.